The molecule has 2 aromatic heterocycles. The predicted octanol–water partition coefficient (Wildman–Crippen LogP) is 3.37. The van der Waals surface area contributed by atoms with Crippen molar-refractivity contribution in [1.82, 2.24) is 19.8 Å². The number of likely N-dealkylation sites (tertiary alicyclic amines) is 1. The summed E-state index contributed by atoms with van der Waals surface area (Å²) in [5, 5.41) is 2.53. The Kier molecular flexibility index (Phi) is 6.71. The van der Waals surface area contributed by atoms with E-state index < -0.39 is 18.1 Å². The number of aromatic nitrogens is 2. The van der Waals surface area contributed by atoms with Crippen LogP contribution in [-0.4, -0.2) is 69.5 Å². The van der Waals surface area contributed by atoms with Crippen molar-refractivity contribution < 1.29 is 23.9 Å². The lowest BCUT2D eigenvalue weighted by atomic mass is 10.0. The summed E-state index contributed by atoms with van der Waals surface area (Å²) in [7, 11) is 0. The van der Waals surface area contributed by atoms with E-state index in [0.29, 0.717) is 31.6 Å². The number of nitrogens with zero attached hydrogens (tertiary/aromatic N) is 4. The molecule has 0 saturated carbocycles. The summed E-state index contributed by atoms with van der Waals surface area (Å²) in [4.78, 5) is 49.9. The summed E-state index contributed by atoms with van der Waals surface area (Å²) in [6, 6.07) is 12.1. The molecule has 0 radical (unpaired) electrons. The lowest BCUT2D eigenvalue weighted by molar-refractivity contribution is -0.150. The van der Waals surface area contributed by atoms with E-state index in [2.05, 4.69) is 9.97 Å². The smallest absolute Gasteiger partial charge is 0.410 e. The lowest BCUT2D eigenvalue weighted by Gasteiger charge is -2.37. The van der Waals surface area contributed by atoms with Gasteiger partial charge in [0.1, 0.15) is 23.9 Å². The fraction of sp³-hybridized carbons (Fsp3) is 0.320. The Hall–Kier alpha value is -3.79. The number of carbonyl (C=O) groups excluding carboxylic acids is 3. The van der Waals surface area contributed by atoms with Crippen LogP contribution in [0.4, 0.5) is 4.79 Å². The number of rotatable bonds is 6. The molecule has 2 saturated heterocycles. The van der Waals surface area contributed by atoms with E-state index in [1.807, 2.05) is 42.5 Å². The molecule has 2 aliphatic rings. The van der Waals surface area contributed by atoms with Crippen LogP contribution in [0.1, 0.15) is 28.9 Å². The molecule has 2 aliphatic heterocycles. The topological polar surface area (TPSA) is 102 Å². The Morgan fingerprint density at radius 3 is 2.57 bits per heavy atom. The highest BCUT2D eigenvalue weighted by Gasteiger charge is 2.44. The zero-order valence-electron chi connectivity index (χ0n) is 18.9. The molecule has 1 atom stereocenters. The molecule has 35 heavy (non-hydrogen) atoms. The Bertz CT molecular complexity index is 1190. The molecule has 0 bridgehead atoms. The summed E-state index contributed by atoms with van der Waals surface area (Å²) in [5.74, 6) is -0.618. The first-order valence-electron chi connectivity index (χ1n) is 11.4. The highest BCUT2D eigenvalue weighted by Crippen LogP contribution is 2.27. The molecule has 2 amide bonds. The third kappa shape index (κ3) is 5.02. The van der Waals surface area contributed by atoms with Crippen molar-refractivity contribution in [3.8, 4) is 10.6 Å². The number of esters is 1. The van der Waals surface area contributed by atoms with Crippen LogP contribution in [0.2, 0.25) is 0 Å². The Morgan fingerprint density at radius 2 is 1.83 bits per heavy atom. The van der Waals surface area contributed by atoms with Gasteiger partial charge in [0, 0.05) is 42.5 Å². The fourth-order valence-electron chi connectivity index (χ4n) is 4.35. The second-order valence-electron chi connectivity index (χ2n) is 8.39. The first-order valence-corrected chi connectivity index (χ1v) is 12.3. The van der Waals surface area contributed by atoms with Gasteiger partial charge in [-0.15, -0.1) is 11.3 Å². The Labute approximate surface area is 206 Å². The lowest BCUT2D eigenvalue weighted by Crippen LogP contribution is -2.52. The maximum Gasteiger partial charge on any atom is 0.410 e. The maximum absolute atomic E-state index is 13.0. The van der Waals surface area contributed by atoms with Crippen LogP contribution < -0.4 is 0 Å². The van der Waals surface area contributed by atoms with Gasteiger partial charge < -0.3 is 14.4 Å². The minimum atomic E-state index is -0.778. The van der Waals surface area contributed by atoms with E-state index in [1.165, 1.54) is 16.2 Å². The average molecular weight is 493 g/mol. The van der Waals surface area contributed by atoms with Crippen LogP contribution in [-0.2, 0) is 20.9 Å². The highest BCUT2D eigenvalue weighted by atomic mass is 32.1. The quantitative estimate of drug-likeness (QED) is 0.486. The molecule has 2 fully saturated rings. The number of pyridine rings is 1. The molecule has 5 rings (SSSR count). The molecule has 0 N–H and O–H groups in total. The second-order valence-corrected chi connectivity index (χ2v) is 9.25. The average Bonchev–Trinajstić information content (AvgIpc) is 3.55. The molecule has 0 spiro atoms. The van der Waals surface area contributed by atoms with Crippen molar-refractivity contribution in [1.29, 1.82) is 0 Å². The predicted molar refractivity (Wildman–Crippen MR) is 127 cm³/mol. The molecule has 0 aliphatic carbocycles. The second kappa shape index (κ2) is 10.2. The van der Waals surface area contributed by atoms with E-state index >= 15 is 0 Å². The van der Waals surface area contributed by atoms with Crippen LogP contribution in [0.5, 0.6) is 0 Å². The van der Waals surface area contributed by atoms with E-state index in [1.54, 1.807) is 22.7 Å². The number of benzene rings is 1. The van der Waals surface area contributed by atoms with Gasteiger partial charge in [0.2, 0.25) is 0 Å². The molecular weight excluding hydrogens is 468 g/mol. The van der Waals surface area contributed by atoms with Gasteiger partial charge in [-0.2, -0.15) is 0 Å². The number of piperidine rings is 1. The SMILES string of the molecule is O=C(OCc1ccccc1)C1COC(=O)N1C1CCN(C(=O)c2csc(-c3ccncc3)n2)CC1. The number of hydrogen-bond acceptors (Lipinski definition) is 8. The minimum Gasteiger partial charge on any atom is -0.459 e. The molecule has 9 nitrogen and oxygen atoms in total. The van der Waals surface area contributed by atoms with E-state index in [0.717, 1.165) is 16.1 Å². The molecule has 1 aromatic carbocycles. The zero-order valence-corrected chi connectivity index (χ0v) is 19.7. The van der Waals surface area contributed by atoms with Crippen LogP contribution in [0, 0.1) is 0 Å². The third-order valence-electron chi connectivity index (χ3n) is 6.20. The molecular formula is C25H24N4O5S. The van der Waals surface area contributed by atoms with E-state index in [9.17, 15) is 14.4 Å². The first kappa shape index (κ1) is 23.0. The van der Waals surface area contributed by atoms with Crippen molar-refractivity contribution in [2.45, 2.75) is 31.5 Å². The standard InChI is InChI=1S/C25H24N4O5S/c30-23(20-16-35-22(27-20)18-6-10-26-11-7-18)28-12-8-19(9-13-28)29-21(15-34-25(29)32)24(31)33-14-17-4-2-1-3-5-17/h1-7,10-11,16,19,21H,8-9,12-15H2. The molecule has 10 heteroatoms. The van der Waals surface area contributed by atoms with Gasteiger partial charge in [0.15, 0.2) is 6.04 Å². The van der Waals surface area contributed by atoms with Gasteiger partial charge in [0.05, 0.1) is 0 Å². The summed E-state index contributed by atoms with van der Waals surface area (Å²) in [6.07, 6.45) is 3.96. The van der Waals surface area contributed by atoms with Gasteiger partial charge in [0.25, 0.3) is 5.91 Å². The van der Waals surface area contributed by atoms with Crippen molar-refractivity contribution in [2.75, 3.05) is 19.7 Å². The van der Waals surface area contributed by atoms with Crippen molar-refractivity contribution in [3.05, 3.63) is 71.5 Å². The van der Waals surface area contributed by atoms with Gasteiger partial charge in [-0.05, 0) is 30.5 Å². The molecule has 3 aromatic rings. The van der Waals surface area contributed by atoms with Crippen molar-refractivity contribution >= 4 is 29.3 Å². The molecule has 1 unspecified atom stereocenters. The van der Waals surface area contributed by atoms with Crippen LogP contribution in [0.25, 0.3) is 10.6 Å². The summed E-state index contributed by atoms with van der Waals surface area (Å²) < 4.78 is 10.6. The van der Waals surface area contributed by atoms with Gasteiger partial charge >= 0.3 is 12.1 Å². The highest BCUT2D eigenvalue weighted by molar-refractivity contribution is 7.13. The largest absolute Gasteiger partial charge is 0.459 e. The normalized spacial score (nSPS) is 18.4. The Balaban J connectivity index is 1.18. The Morgan fingerprint density at radius 1 is 1.09 bits per heavy atom. The van der Waals surface area contributed by atoms with Crippen molar-refractivity contribution in [3.63, 3.8) is 0 Å². The molecule has 4 heterocycles. The number of hydrogen-bond donors (Lipinski definition) is 0. The number of thiazole rings is 1. The summed E-state index contributed by atoms with van der Waals surface area (Å²) >= 11 is 1.42. The minimum absolute atomic E-state index is 0.0256. The van der Waals surface area contributed by atoms with E-state index in [-0.39, 0.29) is 25.2 Å². The van der Waals surface area contributed by atoms with Gasteiger partial charge in [-0.25, -0.2) is 14.6 Å². The number of amides is 2. The first-order chi connectivity index (χ1) is 17.1. The zero-order chi connectivity index (χ0) is 24.2. The molecule has 180 valence electrons. The van der Waals surface area contributed by atoms with Crippen LogP contribution in [0.15, 0.2) is 60.2 Å². The van der Waals surface area contributed by atoms with E-state index in [4.69, 9.17) is 9.47 Å². The third-order valence-corrected chi connectivity index (χ3v) is 7.09. The van der Waals surface area contributed by atoms with Crippen molar-refractivity contribution in [2.24, 2.45) is 0 Å². The maximum atomic E-state index is 13.0. The van der Waals surface area contributed by atoms with Crippen LogP contribution >= 0.6 is 11.3 Å². The number of carbonyl (C=O) groups is 3. The summed E-state index contributed by atoms with van der Waals surface area (Å²) in [6.45, 7) is 1.03. The number of ether oxygens (including phenoxy) is 2. The fourth-order valence-corrected chi connectivity index (χ4v) is 5.15. The van der Waals surface area contributed by atoms with Gasteiger partial charge in [-0.1, -0.05) is 30.3 Å². The summed E-state index contributed by atoms with van der Waals surface area (Å²) in [5.41, 5.74) is 2.20. The van der Waals surface area contributed by atoms with Crippen LogP contribution in [0.3, 0.4) is 0 Å². The van der Waals surface area contributed by atoms with Gasteiger partial charge in [-0.3, -0.25) is 14.7 Å². The monoisotopic (exact) mass is 492 g/mol. The number of cyclic esters (lactones) is 1.